The van der Waals surface area contributed by atoms with Gasteiger partial charge in [0.25, 0.3) is 0 Å². The van der Waals surface area contributed by atoms with Gasteiger partial charge in [-0.15, -0.1) is 14.9 Å². The molecule has 0 fully saturated rings. The minimum atomic E-state index is -1.44. The van der Waals surface area contributed by atoms with Crippen molar-refractivity contribution in [1.82, 2.24) is 24.9 Å². The zero-order chi connectivity index (χ0) is 17.6. The number of hydrogen-bond acceptors (Lipinski definition) is 6. The Labute approximate surface area is 146 Å². The smallest absolute Gasteiger partial charge is 0.204 e. The molecule has 7 nitrogen and oxygen atoms in total. The highest BCUT2D eigenvalue weighted by Crippen LogP contribution is 2.17. The quantitative estimate of drug-likeness (QED) is 0.532. The number of benzene rings is 2. The van der Waals surface area contributed by atoms with Crippen LogP contribution in [0.2, 0.25) is 0 Å². The molecule has 1 heterocycles. The van der Waals surface area contributed by atoms with Crippen LogP contribution in [0.15, 0.2) is 53.4 Å². The van der Waals surface area contributed by atoms with Gasteiger partial charge in [0.2, 0.25) is 5.82 Å². The Hall–Kier alpha value is -2.80. The molecule has 0 radical (unpaired) electrons. The second-order valence-corrected chi connectivity index (χ2v) is 6.34. The third-order valence-electron chi connectivity index (χ3n) is 3.30. The molecular weight excluding hydrogens is 343 g/mol. The van der Waals surface area contributed by atoms with Gasteiger partial charge in [-0.1, -0.05) is 12.1 Å². The van der Waals surface area contributed by atoms with Gasteiger partial charge in [-0.25, -0.2) is 4.39 Å². The maximum absolute atomic E-state index is 12.9. The first kappa shape index (κ1) is 17.0. The Morgan fingerprint density at radius 1 is 1.16 bits per heavy atom. The molecule has 1 atom stereocenters. The summed E-state index contributed by atoms with van der Waals surface area (Å²) in [6, 6.07) is 14.8. The molecule has 25 heavy (non-hydrogen) atoms. The highest BCUT2D eigenvalue weighted by atomic mass is 32.2. The number of rotatable bonds is 6. The number of nitrogens with zero attached hydrogens (tertiary/aromatic N) is 5. The van der Waals surface area contributed by atoms with Crippen LogP contribution in [0.4, 0.5) is 4.39 Å². The van der Waals surface area contributed by atoms with Crippen LogP contribution in [0.3, 0.4) is 0 Å². The first-order valence-electron chi connectivity index (χ1n) is 7.30. The predicted octanol–water partition coefficient (Wildman–Crippen LogP) is 1.66. The van der Waals surface area contributed by atoms with Crippen LogP contribution >= 0.6 is 0 Å². The zero-order valence-electron chi connectivity index (χ0n) is 13.0. The number of tetrazole rings is 1. The van der Waals surface area contributed by atoms with Gasteiger partial charge in [0.1, 0.15) is 12.4 Å². The van der Waals surface area contributed by atoms with Crippen LogP contribution in [-0.2, 0) is 17.9 Å². The minimum Gasteiger partial charge on any atom is -0.593 e. The lowest BCUT2D eigenvalue weighted by Gasteiger charge is -2.07. The second-order valence-electron chi connectivity index (χ2n) is 5.04. The summed E-state index contributed by atoms with van der Waals surface area (Å²) in [5.41, 5.74) is 1.59. The van der Waals surface area contributed by atoms with Crippen molar-refractivity contribution in [3.63, 3.8) is 0 Å². The number of hydrogen-bond donors (Lipinski definition) is 1. The zero-order valence-corrected chi connectivity index (χ0v) is 13.8. The average Bonchev–Trinajstić information content (AvgIpc) is 3.10. The summed E-state index contributed by atoms with van der Waals surface area (Å²) in [7, 11) is 0. The summed E-state index contributed by atoms with van der Waals surface area (Å²) in [5.74, 6) is 0.141. The summed E-state index contributed by atoms with van der Waals surface area (Å²) in [6.07, 6.45) is 0. The molecule has 1 N–H and O–H groups in total. The van der Waals surface area contributed by atoms with Crippen molar-refractivity contribution in [2.24, 2.45) is 0 Å². The summed E-state index contributed by atoms with van der Waals surface area (Å²) in [6.45, 7) is 0.390. The van der Waals surface area contributed by atoms with Crippen LogP contribution in [0.25, 0.3) is 11.4 Å². The fourth-order valence-electron chi connectivity index (χ4n) is 2.09. The van der Waals surface area contributed by atoms with Gasteiger partial charge in [-0.3, -0.25) is 0 Å². The van der Waals surface area contributed by atoms with E-state index in [0.717, 1.165) is 11.1 Å². The van der Waals surface area contributed by atoms with Gasteiger partial charge in [-0.2, -0.15) is 10.1 Å². The van der Waals surface area contributed by atoms with Crippen molar-refractivity contribution in [1.29, 1.82) is 5.26 Å². The maximum atomic E-state index is 12.9. The number of nitrogens with one attached hydrogen (secondary N) is 1. The van der Waals surface area contributed by atoms with E-state index in [2.05, 4.69) is 20.1 Å². The lowest BCUT2D eigenvalue weighted by molar-refractivity contribution is 0.570. The van der Waals surface area contributed by atoms with Crippen LogP contribution in [0.5, 0.6) is 0 Å². The molecule has 0 spiro atoms. The molecule has 1 aromatic heterocycles. The molecule has 0 saturated carbocycles. The third kappa shape index (κ3) is 4.39. The molecule has 126 valence electrons. The molecule has 0 amide bonds. The normalized spacial score (nSPS) is 11.9. The van der Waals surface area contributed by atoms with Crippen LogP contribution in [-0.4, -0.2) is 31.3 Å². The van der Waals surface area contributed by atoms with Gasteiger partial charge < -0.3 is 4.55 Å². The molecule has 2 aromatic carbocycles. The van der Waals surface area contributed by atoms with Gasteiger partial charge in [-0.05, 0) is 47.2 Å². The van der Waals surface area contributed by atoms with Crippen LogP contribution in [0.1, 0.15) is 5.56 Å². The van der Waals surface area contributed by atoms with E-state index in [-0.39, 0.29) is 12.4 Å². The van der Waals surface area contributed by atoms with E-state index >= 15 is 0 Å². The second kappa shape index (κ2) is 7.85. The fourth-order valence-corrected chi connectivity index (χ4v) is 2.83. The first-order chi connectivity index (χ1) is 12.2. The monoisotopic (exact) mass is 356 g/mol. The van der Waals surface area contributed by atoms with Crippen molar-refractivity contribution in [3.8, 4) is 17.5 Å². The molecule has 0 aliphatic rings. The van der Waals surface area contributed by atoms with Crippen molar-refractivity contribution in [2.75, 3.05) is 6.54 Å². The topological polar surface area (TPSA) is 102 Å². The molecule has 0 bridgehead atoms. The highest BCUT2D eigenvalue weighted by molar-refractivity contribution is 7.89. The van der Waals surface area contributed by atoms with Crippen molar-refractivity contribution < 1.29 is 8.94 Å². The van der Waals surface area contributed by atoms with Gasteiger partial charge in [0, 0.05) is 5.56 Å². The maximum Gasteiger partial charge on any atom is 0.204 e. The molecule has 0 aliphatic carbocycles. The van der Waals surface area contributed by atoms with Gasteiger partial charge in [0.05, 0.1) is 24.0 Å². The van der Waals surface area contributed by atoms with Crippen molar-refractivity contribution in [3.05, 3.63) is 59.9 Å². The Morgan fingerprint density at radius 2 is 1.88 bits per heavy atom. The first-order valence-corrected chi connectivity index (χ1v) is 8.45. The fraction of sp³-hybridized carbons (Fsp3) is 0.125. The standard InChI is InChI=1S/C16H13FN6OS/c17-14-5-1-12(2-6-14)11-23-21-16(20-22-23)13-3-7-15(8-4-13)25(24)19-10-9-18/h1-8,19H,10-11H2. The number of nitriles is 1. The van der Waals surface area contributed by atoms with Gasteiger partial charge >= 0.3 is 0 Å². The summed E-state index contributed by atoms with van der Waals surface area (Å²) in [5, 5.41) is 20.8. The lowest BCUT2D eigenvalue weighted by atomic mass is 10.2. The Kier molecular flexibility index (Phi) is 5.35. The van der Waals surface area contributed by atoms with E-state index in [1.165, 1.54) is 16.9 Å². The molecule has 0 saturated heterocycles. The molecular formula is C16H13FN6OS. The summed E-state index contributed by atoms with van der Waals surface area (Å²) >= 11 is -1.44. The van der Waals surface area contributed by atoms with E-state index in [4.69, 9.17) is 5.26 Å². The summed E-state index contributed by atoms with van der Waals surface area (Å²) < 4.78 is 27.4. The largest absolute Gasteiger partial charge is 0.593 e. The van der Waals surface area contributed by atoms with Crippen molar-refractivity contribution in [2.45, 2.75) is 11.4 Å². The van der Waals surface area contributed by atoms with Crippen LogP contribution < -0.4 is 4.72 Å². The Morgan fingerprint density at radius 3 is 2.56 bits per heavy atom. The minimum absolute atomic E-state index is 0.00757. The number of aromatic nitrogens is 4. The lowest BCUT2D eigenvalue weighted by Crippen LogP contribution is -2.23. The molecule has 9 heteroatoms. The van der Waals surface area contributed by atoms with E-state index in [0.29, 0.717) is 17.3 Å². The third-order valence-corrected chi connectivity index (χ3v) is 4.41. The number of halogens is 1. The molecule has 0 aliphatic heterocycles. The highest BCUT2D eigenvalue weighted by Gasteiger charge is 2.12. The molecule has 1 unspecified atom stereocenters. The van der Waals surface area contributed by atoms with E-state index < -0.39 is 11.4 Å². The van der Waals surface area contributed by atoms with Gasteiger partial charge in [0.15, 0.2) is 4.90 Å². The summed E-state index contributed by atoms with van der Waals surface area (Å²) in [4.78, 5) is 1.97. The molecule has 3 rings (SSSR count). The van der Waals surface area contributed by atoms with Crippen molar-refractivity contribution >= 4 is 11.4 Å². The van der Waals surface area contributed by atoms with E-state index in [9.17, 15) is 8.94 Å². The SMILES string of the molecule is N#CCN[S+]([O-])c1ccc(-c2nnn(Cc3ccc(F)cc3)n2)cc1. The van der Waals surface area contributed by atoms with Crippen LogP contribution in [0, 0.1) is 17.1 Å². The van der Waals surface area contributed by atoms with E-state index in [1.807, 2.05) is 6.07 Å². The average molecular weight is 356 g/mol. The molecule has 3 aromatic rings. The predicted molar refractivity (Wildman–Crippen MR) is 88.8 cm³/mol. The Bertz CT molecular complexity index is 875. The Balaban J connectivity index is 1.69. The van der Waals surface area contributed by atoms with E-state index in [1.54, 1.807) is 36.4 Å².